The fourth-order valence-corrected chi connectivity index (χ4v) is 3.22. The number of rotatable bonds is 4. The Morgan fingerprint density at radius 1 is 0.917 bits per heavy atom. The van der Waals surface area contributed by atoms with E-state index < -0.39 is 43.2 Å². The highest BCUT2D eigenvalue weighted by molar-refractivity contribution is 7.92. The normalized spacial score (nSPS) is 11.5. The summed E-state index contributed by atoms with van der Waals surface area (Å²) in [6.07, 6.45) is 0. The second kappa shape index (κ2) is 6.48. The zero-order valence-corrected chi connectivity index (χ0v) is 13.9. The van der Waals surface area contributed by atoms with Gasteiger partial charge in [-0.15, -0.1) is 0 Å². The highest BCUT2D eigenvalue weighted by Gasteiger charge is 2.32. The van der Waals surface area contributed by atoms with Crippen molar-refractivity contribution in [2.45, 2.75) is 4.90 Å². The molecule has 0 radical (unpaired) electrons. The lowest BCUT2D eigenvalue weighted by Gasteiger charge is -2.14. The lowest BCUT2D eigenvalue weighted by molar-refractivity contribution is 0.420. The Labute approximate surface area is 140 Å². The molecule has 0 spiro atoms. The Bertz CT molecular complexity index is 858. The molecule has 0 heterocycles. The van der Waals surface area contributed by atoms with Crippen molar-refractivity contribution in [3.05, 3.63) is 52.6 Å². The molecular formula is C14H11ClF4N2O2S. The summed E-state index contributed by atoms with van der Waals surface area (Å²) in [4.78, 5) is -0.0414. The van der Waals surface area contributed by atoms with Crippen LogP contribution in [0.2, 0.25) is 5.02 Å². The van der Waals surface area contributed by atoms with Crippen LogP contribution in [-0.4, -0.2) is 22.5 Å². The second-order valence-corrected chi connectivity index (χ2v) is 6.94. The minimum absolute atomic E-state index is 0.0461. The zero-order valence-electron chi connectivity index (χ0n) is 12.4. The van der Waals surface area contributed by atoms with Gasteiger partial charge in [0, 0.05) is 25.5 Å². The minimum Gasteiger partial charge on any atom is -0.378 e. The SMILES string of the molecule is CN(C)c1ccc(NS(=O)(=O)c2c(F)c(F)c(Cl)c(F)c2F)cc1. The molecular weight excluding hydrogens is 372 g/mol. The van der Waals surface area contributed by atoms with Crippen LogP contribution in [0.25, 0.3) is 0 Å². The molecule has 0 aromatic heterocycles. The highest BCUT2D eigenvalue weighted by Crippen LogP contribution is 2.31. The van der Waals surface area contributed by atoms with Crippen molar-refractivity contribution < 1.29 is 26.0 Å². The molecule has 0 amide bonds. The van der Waals surface area contributed by atoms with Gasteiger partial charge in [-0.3, -0.25) is 4.72 Å². The molecule has 0 aliphatic heterocycles. The lowest BCUT2D eigenvalue weighted by Crippen LogP contribution is -2.19. The van der Waals surface area contributed by atoms with Crippen LogP contribution in [0.3, 0.4) is 0 Å². The Morgan fingerprint density at radius 2 is 1.38 bits per heavy atom. The first-order chi connectivity index (χ1) is 11.1. The number of sulfonamides is 1. The Hall–Kier alpha value is -2.00. The van der Waals surface area contributed by atoms with Crippen LogP contribution in [0.15, 0.2) is 29.2 Å². The molecule has 1 N–H and O–H groups in total. The molecule has 0 saturated carbocycles. The number of nitrogens with zero attached hydrogens (tertiary/aromatic N) is 1. The molecule has 2 aromatic carbocycles. The van der Waals surface area contributed by atoms with Crippen LogP contribution >= 0.6 is 11.6 Å². The van der Waals surface area contributed by atoms with Crippen molar-refractivity contribution in [2.24, 2.45) is 0 Å². The van der Waals surface area contributed by atoms with Gasteiger partial charge in [-0.05, 0) is 24.3 Å². The molecule has 2 aromatic rings. The van der Waals surface area contributed by atoms with Gasteiger partial charge in [0.25, 0.3) is 10.0 Å². The Kier molecular flexibility index (Phi) is 4.95. The van der Waals surface area contributed by atoms with Crippen LogP contribution in [0.4, 0.5) is 28.9 Å². The Balaban J connectivity index is 2.48. The van der Waals surface area contributed by atoms with Gasteiger partial charge in [0.1, 0.15) is 5.02 Å². The molecule has 0 fully saturated rings. The van der Waals surface area contributed by atoms with Gasteiger partial charge in [0.15, 0.2) is 28.2 Å². The minimum atomic E-state index is -4.92. The predicted molar refractivity (Wildman–Crippen MR) is 82.9 cm³/mol. The van der Waals surface area contributed by atoms with Gasteiger partial charge < -0.3 is 4.90 Å². The number of hydrogen-bond acceptors (Lipinski definition) is 3. The van der Waals surface area contributed by atoms with Crippen LogP contribution in [-0.2, 0) is 10.0 Å². The van der Waals surface area contributed by atoms with E-state index in [1.54, 1.807) is 19.0 Å². The monoisotopic (exact) mass is 382 g/mol. The summed E-state index contributed by atoms with van der Waals surface area (Å²) < 4.78 is 80.5. The lowest BCUT2D eigenvalue weighted by atomic mass is 10.3. The van der Waals surface area contributed by atoms with Crippen molar-refractivity contribution in [2.75, 3.05) is 23.7 Å². The van der Waals surface area contributed by atoms with Crippen molar-refractivity contribution >= 4 is 33.0 Å². The van der Waals surface area contributed by atoms with E-state index in [1.807, 2.05) is 4.72 Å². The molecule has 0 bridgehead atoms. The van der Waals surface area contributed by atoms with Crippen LogP contribution in [0.5, 0.6) is 0 Å². The molecule has 0 aliphatic rings. The van der Waals surface area contributed by atoms with E-state index in [4.69, 9.17) is 11.6 Å². The first-order valence-corrected chi connectivity index (χ1v) is 8.24. The predicted octanol–water partition coefficient (Wildman–Crippen LogP) is 3.76. The first kappa shape index (κ1) is 18.3. The maximum absolute atomic E-state index is 13.8. The average Bonchev–Trinajstić information content (AvgIpc) is 2.51. The summed E-state index contributed by atoms with van der Waals surface area (Å²) in [5.74, 6) is -8.18. The standard InChI is InChI=1S/C14H11ClF4N2O2S/c1-21(2)8-5-3-7(4-6-8)20-24(22,23)14-12(18)10(16)9(15)11(17)13(14)19/h3-6,20H,1-2H3. The van der Waals surface area contributed by atoms with Crippen LogP contribution in [0.1, 0.15) is 0 Å². The summed E-state index contributed by atoms with van der Waals surface area (Å²) in [6.45, 7) is 0. The average molecular weight is 383 g/mol. The summed E-state index contributed by atoms with van der Waals surface area (Å²) in [5.41, 5.74) is 0.689. The molecule has 4 nitrogen and oxygen atoms in total. The van der Waals surface area contributed by atoms with E-state index in [9.17, 15) is 26.0 Å². The van der Waals surface area contributed by atoms with Gasteiger partial charge in [-0.25, -0.2) is 26.0 Å². The van der Waals surface area contributed by atoms with Crippen molar-refractivity contribution in [1.29, 1.82) is 0 Å². The van der Waals surface area contributed by atoms with E-state index in [0.29, 0.717) is 0 Å². The molecule has 0 aliphatic carbocycles. The Morgan fingerprint density at radius 3 is 1.79 bits per heavy atom. The van der Waals surface area contributed by atoms with Gasteiger partial charge in [-0.2, -0.15) is 0 Å². The topological polar surface area (TPSA) is 49.4 Å². The first-order valence-electron chi connectivity index (χ1n) is 6.38. The van der Waals surface area contributed by atoms with Crippen LogP contribution < -0.4 is 9.62 Å². The number of hydrogen-bond donors (Lipinski definition) is 1. The number of nitrogens with one attached hydrogen (secondary N) is 1. The molecule has 24 heavy (non-hydrogen) atoms. The number of anilines is 2. The van der Waals surface area contributed by atoms with Gasteiger partial charge in [0.05, 0.1) is 0 Å². The van der Waals surface area contributed by atoms with E-state index in [1.165, 1.54) is 24.3 Å². The van der Waals surface area contributed by atoms with Crippen molar-refractivity contribution in [1.82, 2.24) is 0 Å². The maximum Gasteiger partial charge on any atom is 0.267 e. The smallest absolute Gasteiger partial charge is 0.267 e. The van der Waals surface area contributed by atoms with Crippen molar-refractivity contribution in [3.63, 3.8) is 0 Å². The summed E-state index contributed by atoms with van der Waals surface area (Å²) >= 11 is 5.07. The van der Waals surface area contributed by atoms with E-state index in [0.717, 1.165) is 5.69 Å². The van der Waals surface area contributed by atoms with Crippen LogP contribution in [0, 0.1) is 23.3 Å². The molecule has 2 rings (SSSR count). The molecule has 0 atom stereocenters. The van der Waals surface area contributed by atoms with E-state index >= 15 is 0 Å². The third-order valence-electron chi connectivity index (χ3n) is 3.07. The zero-order chi connectivity index (χ0) is 18.2. The number of benzene rings is 2. The third kappa shape index (κ3) is 3.27. The molecule has 0 saturated heterocycles. The molecule has 0 unspecified atom stereocenters. The second-order valence-electron chi connectivity index (χ2n) is 4.95. The van der Waals surface area contributed by atoms with Gasteiger partial charge in [-0.1, -0.05) is 11.6 Å². The summed E-state index contributed by atoms with van der Waals surface area (Å²) in [7, 11) is -1.42. The molecule has 10 heteroatoms. The number of halogens is 5. The van der Waals surface area contributed by atoms with E-state index in [-0.39, 0.29) is 5.69 Å². The van der Waals surface area contributed by atoms with Gasteiger partial charge >= 0.3 is 0 Å². The fourth-order valence-electron chi connectivity index (χ4n) is 1.85. The molecule has 130 valence electrons. The maximum atomic E-state index is 13.8. The van der Waals surface area contributed by atoms with Crippen molar-refractivity contribution in [3.8, 4) is 0 Å². The summed E-state index contributed by atoms with van der Waals surface area (Å²) in [5, 5.41) is -1.46. The van der Waals surface area contributed by atoms with E-state index in [2.05, 4.69) is 0 Å². The largest absolute Gasteiger partial charge is 0.378 e. The fraction of sp³-hybridized carbons (Fsp3) is 0.143. The quantitative estimate of drug-likeness (QED) is 0.497. The summed E-state index contributed by atoms with van der Waals surface area (Å²) in [6, 6.07) is 5.72. The third-order valence-corrected chi connectivity index (χ3v) is 4.81. The van der Waals surface area contributed by atoms with Gasteiger partial charge in [0.2, 0.25) is 0 Å². The highest BCUT2D eigenvalue weighted by atomic mass is 35.5.